The van der Waals surface area contributed by atoms with Crippen LogP contribution in [0.1, 0.15) is 18.4 Å². The van der Waals surface area contributed by atoms with Gasteiger partial charge in [-0.05, 0) is 37.6 Å². The Morgan fingerprint density at radius 1 is 1.50 bits per heavy atom. The van der Waals surface area contributed by atoms with E-state index in [1.54, 1.807) is 0 Å². The summed E-state index contributed by atoms with van der Waals surface area (Å²) < 4.78 is 5.77. The van der Waals surface area contributed by atoms with Gasteiger partial charge in [-0.15, -0.1) is 0 Å². The van der Waals surface area contributed by atoms with E-state index in [0.29, 0.717) is 24.2 Å². The standard InChI is InChI=1S/C12H17ClN2O/c13-10-3-4-12(9(6-10)7-14)16-8-11-2-1-5-15-11/h3-4,6,11,15H,1-2,5,7-8,14H2. The van der Waals surface area contributed by atoms with Gasteiger partial charge in [0.1, 0.15) is 12.4 Å². The highest BCUT2D eigenvalue weighted by Gasteiger charge is 2.15. The molecule has 1 unspecified atom stereocenters. The molecule has 0 aromatic heterocycles. The number of halogens is 1. The highest BCUT2D eigenvalue weighted by Crippen LogP contribution is 2.23. The lowest BCUT2D eigenvalue weighted by atomic mass is 10.2. The van der Waals surface area contributed by atoms with E-state index in [0.717, 1.165) is 17.9 Å². The molecular weight excluding hydrogens is 224 g/mol. The molecule has 0 spiro atoms. The smallest absolute Gasteiger partial charge is 0.123 e. The number of ether oxygens (including phenoxy) is 1. The molecule has 1 aromatic rings. The minimum absolute atomic E-state index is 0.452. The van der Waals surface area contributed by atoms with Crippen molar-refractivity contribution in [2.75, 3.05) is 13.2 Å². The topological polar surface area (TPSA) is 47.3 Å². The molecule has 1 atom stereocenters. The summed E-state index contributed by atoms with van der Waals surface area (Å²) in [5, 5.41) is 4.09. The third-order valence-corrected chi connectivity index (χ3v) is 3.08. The molecule has 2 rings (SSSR count). The Bertz CT molecular complexity index is 351. The van der Waals surface area contributed by atoms with Crippen LogP contribution in [-0.2, 0) is 6.54 Å². The molecule has 3 nitrogen and oxygen atoms in total. The van der Waals surface area contributed by atoms with Crippen molar-refractivity contribution >= 4 is 11.6 Å². The fraction of sp³-hybridized carbons (Fsp3) is 0.500. The van der Waals surface area contributed by atoms with Gasteiger partial charge in [-0.1, -0.05) is 11.6 Å². The van der Waals surface area contributed by atoms with Crippen molar-refractivity contribution < 1.29 is 4.74 Å². The second kappa shape index (κ2) is 5.53. The number of hydrogen-bond donors (Lipinski definition) is 2. The first-order valence-electron chi connectivity index (χ1n) is 5.64. The van der Waals surface area contributed by atoms with E-state index in [9.17, 15) is 0 Å². The van der Waals surface area contributed by atoms with Gasteiger partial charge < -0.3 is 15.8 Å². The van der Waals surface area contributed by atoms with Crippen LogP contribution < -0.4 is 15.8 Å². The van der Waals surface area contributed by atoms with E-state index in [1.807, 2.05) is 18.2 Å². The zero-order chi connectivity index (χ0) is 11.4. The van der Waals surface area contributed by atoms with Gasteiger partial charge in [-0.25, -0.2) is 0 Å². The summed E-state index contributed by atoms with van der Waals surface area (Å²) in [4.78, 5) is 0. The zero-order valence-electron chi connectivity index (χ0n) is 9.21. The summed E-state index contributed by atoms with van der Waals surface area (Å²) in [6.07, 6.45) is 2.42. The van der Waals surface area contributed by atoms with Crippen molar-refractivity contribution in [3.05, 3.63) is 28.8 Å². The molecule has 1 aromatic carbocycles. The van der Waals surface area contributed by atoms with Gasteiger partial charge in [0, 0.05) is 23.2 Å². The summed E-state index contributed by atoms with van der Waals surface area (Å²) >= 11 is 5.90. The Balaban J connectivity index is 1.97. The van der Waals surface area contributed by atoms with Crippen molar-refractivity contribution in [1.82, 2.24) is 5.32 Å². The molecule has 1 heterocycles. The van der Waals surface area contributed by atoms with Crippen LogP contribution in [0, 0.1) is 0 Å². The number of nitrogens with one attached hydrogen (secondary N) is 1. The largest absolute Gasteiger partial charge is 0.492 e. The summed E-state index contributed by atoms with van der Waals surface area (Å²) in [5.74, 6) is 0.848. The molecular formula is C12H17ClN2O. The Kier molecular flexibility index (Phi) is 4.04. The average Bonchev–Trinajstić information content (AvgIpc) is 2.80. The Morgan fingerprint density at radius 2 is 2.38 bits per heavy atom. The lowest BCUT2D eigenvalue weighted by molar-refractivity contribution is 0.275. The predicted molar refractivity (Wildman–Crippen MR) is 65.9 cm³/mol. The number of benzene rings is 1. The SMILES string of the molecule is NCc1cc(Cl)ccc1OCC1CCCN1. The zero-order valence-corrected chi connectivity index (χ0v) is 9.96. The van der Waals surface area contributed by atoms with Crippen molar-refractivity contribution in [3.63, 3.8) is 0 Å². The van der Waals surface area contributed by atoms with E-state index in [2.05, 4.69) is 5.32 Å². The second-order valence-corrected chi connectivity index (χ2v) is 4.50. The number of hydrogen-bond acceptors (Lipinski definition) is 3. The molecule has 16 heavy (non-hydrogen) atoms. The van der Waals surface area contributed by atoms with Crippen molar-refractivity contribution in [3.8, 4) is 5.75 Å². The molecule has 1 saturated heterocycles. The maximum atomic E-state index is 5.90. The monoisotopic (exact) mass is 240 g/mol. The normalized spacial score (nSPS) is 20.0. The van der Waals surface area contributed by atoms with Crippen LogP contribution in [0.5, 0.6) is 5.75 Å². The maximum absolute atomic E-state index is 5.90. The molecule has 0 bridgehead atoms. The highest BCUT2D eigenvalue weighted by atomic mass is 35.5. The lowest BCUT2D eigenvalue weighted by Gasteiger charge is -2.14. The Labute approximate surface area is 101 Å². The molecule has 88 valence electrons. The first kappa shape index (κ1) is 11.7. The molecule has 0 saturated carbocycles. The molecule has 4 heteroatoms. The Hall–Kier alpha value is -0.770. The van der Waals surface area contributed by atoms with Gasteiger partial charge in [0.15, 0.2) is 0 Å². The quantitative estimate of drug-likeness (QED) is 0.846. The van der Waals surface area contributed by atoms with Gasteiger partial charge in [0.05, 0.1) is 0 Å². The third-order valence-electron chi connectivity index (χ3n) is 2.84. The van der Waals surface area contributed by atoms with E-state index >= 15 is 0 Å². The van der Waals surface area contributed by atoms with Crippen LogP contribution in [-0.4, -0.2) is 19.2 Å². The van der Waals surface area contributed by atoms with Gasteiger partial charge in [-0.3, -0.25) is 0 Å². The van der Waals surface area contributed by atoms with Crippen molar-refractivity contribution in [1.29, 1.82) is 0 Å². The molecule has 0 aliphatic carbocycles. The first-order chi connectivity index (χ1) is 7.79. The van der Waals surface area contributed by atoms with Crippen LogP contribution in [0.25, 0.3) is 0 Å². The maximum Gasteiger partial charge on any atom is 0.123 e. The first-order valence-corrected chi connectivity index (χ1v) is 6.02. The summed E-state index contributed by atoms with van der Waals surface area (Å²) in [5.41, 5.74) is 6.61. The molecule has 1 fully saturated rings. The van der Waals surface area contributed by atoms with Crippen LogP contribution in [0.4, 0.5) is 0 Å². The van der Waals surface area contributed by atoms with Crippen LogP contribution in [0.15, 0.2) is 18.2 Å². The number of rotatable bonds is 4. The molecule has 3 N–H and O–H groups in total. The van der Waals surface area contributed by atoms with Crippen molar-refractivity contribution in [2.45, 2.75) is 25.4 Å². The second-order valence-electron chi connectivity index (χ2n) is 4.06. The third kappa shape index (κ3) is 2.88. The summed E-state index contributed by atoms with van der Waals surface area (Å²) in [7, 11) is 0. The highest BCUT2D eigenvalue weighted by molar-refractivity contribution is 6.30. The fourth-order valence-electron chi connectivity index (χ4n) is 1.94. The van der Waals surface area contributed by atoms with E-state index in [4.69, 9.17) is 22.1 Å². The van der Waals surface area contributed by atoms with E-state index in [-0.39, 0.29) is 0 Å². The van der Waals surface area contributed by atoms with Crippen molar-refractivity contribution in [2.24, 2.45) is 5.73 Å². The average molecular weight is 241 g/mol. The van der Waals surface area contributed by atoms with Crippen LogP contribution in [0.2, 0.25) is 5.02 Å². The summed E-state index contributed by atoms with van der Waals surface area (Å²) in [6, 6.07) is 6.05. The summed E-state index contributed by atoms with van der Waals surface area (Å²) in [6.45, 7) is 2.25. The molecule has 1 aliphatic rings. The van der Waals surface area contributed by atoms with E-state index in [1.165, 1.54) is 12.8 Å². The molecule has 1 aliphatic heterocycles. The predicted octanol–water partition coefficient (Wildman–Crippen LogP) is 1.93. The fourth-order valence-corrected chi connectivity index (χ4v) is 2.13. The van der Waals surface area contributed by atoms with Gasteiger partial charge in [-0.2, -0.15) is 0 Å². The van der Waals surface area contributed by atoms with Gasteiger partial charge in [0.25, 0.3) is 0 Å². The van der Waals surface area contributed by atoms with Gasteiger partial charge >= 0.3 is 0 Å². The minimum Gasteiger partial charge on any atom is -0.492 e. The number of nitrogens with two attached hydrogens (primary N) is 1. The molecule has 0 amide bonds. The van der Waals surface area contributed by atoms with Gasteiger partial charge in [0.2, 0.25) is 0 Å². The van der Waals surface area contributed by atoms with E-state index < -0.39 is 0 Å². The van der Waals surface area contributed by atoms with Crippen LogP contribution in [0.3, 0.4) is 0 Å². The molecule has 0 radical (unpaired) electrons. The lowest BCUT2D eigenvalue weighted by Crippen LogP contribution is -2.28. The Morgan fingerprint density at radius 3 is 3.06 bits per heavy atom. The van der Waals surface area contributed by atoms with Crippen LogP contribution >= 0.6 is 11.6 Å². The minimum atomic E-state index is 0.452.